The summed E-state index contributed by atoms with van der Waals surface area (Å²) < 4.78 is 11.8. The second-order valence-electron chi connectivity index (χ2n) is 7.72. The van der Waals surface area contributed by atoms with Gasteiger partial charge in [0.15, 0.2) is 5.76 Å². The Hall–Kier alpha value is -3.25. The number of rotatable bonds is 8. The number of aliphatic hydroxyl groups is 1. The highest BCUT2D eigenvalue weighted by Crippen LogP contribution is 2.39. The minimum absolute atomic E-state index is 0.0457. The molecule has 1 aliphatic rings. The Morgan fingerprint density at radius 3 is 3.00 bits per heavy atom. The third kappa shape index (κ3) is 4.44. The molecular weight excluding hydrogens is 394 g/mol. The second kappa shape index (κ2) is 9.27. The number of nitrogens with zero attached hydrogens (tertiary/aromatic N) is 2. The van der Waals surface area contributed by atoms with Crippen molar-refractivity contribution in [2.75, 3.05) is 13.2 Å². The summed E-state index contributed by atoms with van der Waals surface area (Å²) in [5, 5.41) is 12.5. The number of hydrogen-bond donors (Lipinski definition) is 2. The van der Waals surface area contributed by atoms with E-state index in [9.17, 15) is 4.79 Å². The van der Waals surface area contributed by atoms with Gasteiger partial charge in [-0.3, -0.25) is 0 Å². The fourth-order valence-corrected chi connectivity index (χ4v) is 4.01. The first kappa shape index (κ1) is 21.0. The van der Waals surface area contributed by atoms with Crippen LogP contribution in [0.1, 0.15) is 37.4 Å². The molecule has 1 aromatic heterocycles. The largest absolute Gasteiger partial charge is 0.489 e. The fourth-order valence-electron chi connectivity index (χ4n) is 4.01. The fraction of sp³-hybridized carbons (Fsp3) is 0.333. The summed E-state index contributed by atoms with van der Waals surface area (Å²) in [6.07, 6.45) is 5.17. The number of isocyanates is 1. The van der Waals surface area contributed by atoms with Crippen LogP contribution in [0.5, 0.6) is 5.75 Å². The number of ether oxygens (including phenoxy) is 1. The molecule has 31 heavy (non-hydrogen) atoms. The number of aliphatic imine (C=N–C) groups is 1. The molecule has 1 aliphatic carbocycles. The number of fused-ring (bicyclic) bond motifs is 1. The van der Waals surface area contributed by atoms with E-state index in [1.54, 1.807) is 24.4 Å². The predicted octanol–water partition coefficient (Wildman–Crippen LogP) is 4.33. The van der Waals surface area contributed by atoms with Crippen molar-refractivity contribution < 1.29 is 19.1 Å². The molecule has 3 aromatic rings. The molecule has 2 N–H and O–H groups in total. The molecule has 1 heterocycles. The molecular formula is C24H25N3O4. The summed E-state index contributed by atoms with van der Waals surface area (Å²) in [5.74, 6) is 1.65. The second-order valence-corrected chi connectivity index (χ2v) is 7.72. The van der Waals surface area contributed by atoms with Crippen LogP contribution in [0.3, 0.4) is 0 Å². The molecule has 4 rings (SSSR count). The number of aromatic nitrogens is 1. The van der Waals surface area contributed by atoms with Crippen LogP contribution in [0.25, 0.3) is 22.8 Å². The van der Waals surface area contributed by atoms with E-state index in [1.807, 2.05) is 32.0 Å². The molecule has 7 heteroatoms. The van der Waals surface area contributed by atoms with Crippen molar-refractivity contribution in [3.05, 3.63) is 53.7 Å². The standard InChI is InChI=1S/C24H25N3O4/c1-15(2)30-22-9-6-16(12-21(22)27-14-29)24-26-13-23(31-24)19-5-3-4-18-17(19)7-8-20(18)25-10-11-28/h3-6,9,12-13,15,20,25,28H,7-8,10-11H2,1-2H3. The Kier molecular flexibility index (Phi) is 6.28. The first-order chi connectivity index (χ1) is 15.1. The van der Waals surface area contributed by atoms with E-state index >= 15 is 0 Å². The molecule has 160 valence electrons. The van der Waals surface area contributed by atoms with Crippen molar-refractivity contribution in [3.63, 3.8) is 0 Å². The van der Waals surface area contributed by atoms with Gasteiger partial charge in [-0.05, 0) is 56.0 Å². The molecule has 0 aliphatic heterocycles. The molecule has 0 spiro atoms. The lowest BCUT2D eigenvalue weighted by Gasteiger charge is -2.13. The lowest BCUT2D eigenvalue weighted by atomic mass is 10.0. The summed E-state index contributed by atoms with van der Waals surface area (Å²) in [7, 11) is 0. The topological polar surface area (TPSA) is 96.9 Å². The Bertz CT molecular complexity index is 1120. The summed E-state index contributed by atoms with van der Waals surface area (Å²) in [6, 6.07) is 11.7. The number of aliphatic hydroxyl groups excluding tert-OH is 1. The average molecular weight is 419 g/mol. The molecule has 1 atom stereocenters. The summed E-state index contributed by atoms with van der Waals surface area (Å²) in [5.41, 5.74) is 4.59. The highest BCUT2D eigenvalue weighted by molar-refractivity contribution is 5.70. The van der Waals surface area contributed by atoms with Crippen LogP contribution < -0.4 is 10.1 Å². The SMILES string of the molecule is CC(C)Oc1ccc(-c2ncc(-c3cccc4c3CCC4NCCO)o2)cc1N=C=O. The van der Waals surface area contributed by atoms with E-state index in [4.69, 9.17) is 14.3 Å². The number of benzene rings is 2. The lowest BCUT2D eigenvalue weighted by Crippen LogP contribution is -2.22. The van der Waals surface area contributed by atoms with Crippen LogP contribution in [-0.2, 0) is 11.2 Å². The monoisotopic (exact) mass is 419 g/mol. The van der Waals surface area contributed by atoms with Crippen LogP contribution in [-0.4, -0.2) is 35.4 Å². The van der Waals surface area contributed by atoms with Gasteiger partial charge in [0, 0.05) is 23.7 Å². The first-order valence-electron chi connectivity index (χ1n) is 10.4. The van der Waals surface area contributed by atoms with Crippen LogP contribution in [0, 0.1) is 0 Å². The van der Waals surface area contributed by atoms with Crippen molar-refractivity contribution in [2.45, 2.75) is 38.8 Å². The van der Waals surface area contributed by atoms with Gasteiger partial charge in [0.2, 0.25) is 12.0 Å². The average Bonchev–Trinajstić information content (AvgIpc) is 3.41. The third-order valence-corrected chi connectivity index (χ3v) is 5.28. The zero-order valence-electron chi connectivity index (χ0n) is 17.6. The maximum atomic E-state index is 10.8. The van der Waals surface area contributed by atoms with Gasteiger partial charge in [-0.25, -0.2) is 9.78 Å². The summed E-state index contributed by atoms with van der Waals surface area (Å²) in [4.78, 5) is 19.1. The van der Waals surface area contributed by atoms with Gasteiger partial charge in [0.25, 0.3) is 0 Å². The van der Waals surface area contributed by atoms with Gasteiger partial charge in [-0.1, -0.05) is 18.2 Å². The van der Waals surface area contributed by atoms with E-state index in [-0.39, 0.29) is 18.8 Å². The van der Waals surface area contributed by atoms with Gasteiger partial charge in [-0.15, -0.1) is 0 Å². The first-order valence-corrected chi connectivity index (χ1v) is 10.4. The quantitative estimate of drug-likeness (QED) is 0.417. The third-order valence-electron chi connectivity index (χ3n) is 5.28. The van der Waals surface area contributed by atoms with Crippen molar-refractivity contribution >= 4 is 11.8 Å². The van der Waals surface area contributed by atoms with Gasteiger partial charge in [0.05, 0.1) is 18.9 Å². The highest BCUT2D eigenvalue weighted by atomic mass is 16.5. The molecule has 0 bridgehead atoms. The number of nitrogens with one attached hydrogen (secondary N) is 1. The normalized spacial score (nSPS) is 15.0. The molecule has 0 radical (unpaired) electrons. The smallest absolute Gasteiger partial charge is 0.240 e. The molecule has 1 unspecified atom stereocenters. The highest BCUT2D eigenvalue weighted by Gasteiger charge is 2.25. The molecule has 2 aromatic carbocycles. The number of carbonyl (C=O) groups excluding carboxylic acids is 1. The van der Waals surface area contributed by atoms with Crippen molar-refractivity contribution in [1.29, 1.82) is 0 Å². The zero-order chi connectivity index (χ0) is 21.8. The minimum atomic E-state index is -0.0457. The molecule has 0 amide bonds. The maximum Gasteiger partial charge on any atom is 0.240 e. The number of hydrogen-bond acceptors (Lipinski definition) is 7. The van der Waals surface area contributed by atoms with Gasteiger partial charge < -0.3 is 19.6 Å². The van der Waals surface area contributed by atoms with Crippen molar-refractivity contribution in [1.82, 2.24) is 10.3 Å². The molecule has 0 fully saturated rings. The zero-order valence-corrected chi connectivity index (χ0v) is 17.6. The maximum absolute atomic E-state index is 10.8. The Morgan fingerprint density at radius 1 is 1.35 bits per heavy atom. The van der Waals surface area contributed by atoms with E-state index in [0.717, 1.165) is 18.4 Å². The van der Waals surface area contributed by atoms with E-state index in [0.29, 0.717) is 35.2 Å². The van der Waals surface area contributed by atoms with E-state index < -0.39 is 0 Å². The van der Waals surface area contributed by atoms with Crippen molar-refractivity contribution in [3.8, 4) is 28.5 Å². The Labute approximate surface area is 180 Å². The van der Waals surface area contributed by atoms with E-state index in [1.165, 1.54) is 11.1 Å². The van der Waals surface area contributed by atoms with Crippen LogP contribution >= 0.6 is 0 Å². The summed E-state index contributed by atoms with van der Waals surface area (Å²) >= 11 is 0. The number of oxazole rings is 1. The van der Waals surface area contributed by atoms with Crippen molar-refractivity contribution in [2.24, 2.45) is 4.99 Å². The Morgan fingerprint density at radius 2 is 2.23 bits per heavy atom. The van der Waals surface area contributed by atoms with Gasteiger partial charge >= 0.3 is 0 Å². The van der Waals surface area contributed by atoms with Crippen LogP contribution in [0.15, 0.2) is 52.0 Å². The van der Waals surface area contributed by atoms with Gasteiger partial charge in [0.1, 0.15) is 11.4 Å². The Balaban J connectivity index is 1.65. The lowest BCUT2D eigenvalue weighted by molar-refractivity contribution is 0.243. The van der Waals surface area contributed by atoms with Crippen LogP contribution in [0.4, 0.5) is 5.69 Å². The molecule has 0 saturated carbocycles. The minimum Gasteiger partial charge on any atom is -0.489 e. The van der Waals surface area contributed by atoms with E-state index in [2.05, 4.69) is 21.4 Å². The predicted molar refractivity (Wildman–Crippen MR) is 117 cm³/mol. The molecule has 0 saturated heterocycles. The van der Waals surface area contributed by atoms with Gasteiger partial charge in [-0.2, -0.15) is 4.99 Å². The van der Waals surface area contributed by atoms with Crippen LogP contribution in [0.2, 0.25) is 0 Å². The summed E-state index contributed by atoms with van der Waals surface area (Å²) in [6.45, 7) is 4.51. The molecule has 7 nitrogen and oxygen atoms in total.